The van der Waals surface area contributed by atoms with Crippen molar-refractivity contribution in [2.45, 2.75) is 60.3 Å². The van der Waals surface area contributed by atoms with E-state index >= 15 is 0 Å². The monoisotopic (exact) mass is 257 g/mol. The number of rotatable bonds is 7. The van der Waals surface area contributed by atoms with Gasteiger partial charge in [0, 0.05) is 19.8 Å². The molecule has 1 rings (SSSR count). The lowest BCUT2D eigenvalue weighted by Gasteiger charge is -2.32. The summed E-state index contributed by atoms with van der Waals surface area (Å²) in [6.45, 7) is 16.6. The second kappa shape index (κ2) is 12.0. The normalized spacial score (nSPS) is 17.7. The van der Waals surface area contributed by atoms with Crippen LogP contribution in [0.2, 0.25) is 0 Å². The van der Waals surface area contributed by atoms with Gasteiger partial charge in [0.2, 0.25) is 0 Å². The molecule has 2 nitrogen and oxygen atoms in total. The third-order valence-corrected chi connectivity index (χ3v) is 3.33. The first-order valence-corrected chi connectivity index (χ1v) is 8.02. The minimum absolute atomic E-state index is 0.803. The standard InChI is InChI=1S/C14H29NO.C2H6/c1-4-5-10-16-12-14-6-8-15(9-7-14)11-13(2)3;1-2/h13-14H,4-12H2,1-3H3;1-2H3. The summed E-state index contributed by atoms with van der Waals surface area (Å²) in [5.74, 6) is 1.62. The van der Waals surface area contributed by atoms with Crippen molar-refractivity contribution in [2.75, 3.05) is 32.8 Å². The van der Waals surface area contributed by atoms with Gasteiger partial charge < -0.3 is 9.64 Å². The highest BCUT2D eigenvalue weighted by atomic mass is 16.5. The van der Waals surface area contributed by atoms with Crippen molar-refractivity contribution in [3.05, 3.63) is 0 Å². The van der Waals surface area contributed by atoms with Crippen molar-refractivity contribution in [3.8, 4) is 0 Å². The Morgan fingerprint density at radius 3 is 2.28 bits per heavy atom. The van der Waals surface area contributed by atoms with E-state index in [0.717, 1.165) is 25.0 Å². The second-order valence-electron chi connectivity index (χ2n) is 5.57. The van der Waals surface area contributed by atoms with Gasteiger partial charge in [-0.2, -0.15) is 0 Å². The Morgan fingerprint density at radius 2 is 1.78 bits per heavy atom. The number of likely N-dealkylation sites (tertiary alicyclic amines) is 1. The fourth-order valence-corrected chi connectivity index (χ4v) is 2.35. The summed E-state index contributed by atoms with van der Waals surface area (Å²) in [5, 5.41) is 0. The molecule has 1 aliphatic rings. The summed E-state index contributed by atoms with van der Waals surface area (Å²) in [4.78, 5) is 2.60. The number of hydrogen-bond donors (Lipinski definition) is 0. The Hall–Kier alpha value is -0.0800. The molecule has 110 valence electrons. The highest BCUT2D eigenvalue weighted by molar-refractivity contribution is 4.72. The van der Waals surface area contributed by atoms with Crippen LogP contribution in [0, 0.1) is 11.8 Å². The van der Waals surface area contributed by atoms with Gasteiger partial charge in [0.05, 0.1) is 0 Å². The molecule has 0 aromatic carbocycles. The molecule has 0 aromatic heterocycles. The van der Waals surface area contributed by atoms with Crippen LogP contribution in [0.1, 0.15) is 60.3 Å². The van der Waals surface area contributed by atoms with E-state index in [1.165, 1.54) is 45.3 Å². The summed E-state index contributed by atoms with van der Waals surface area (Å²) in [6, 6.07) is 0. The Bertz CT molecular complexity index is 162. The molecule has 1 heterocycles. The first-order chi connectivity index (χ1) is 8.72. The van der Waals surface area contributed by atoms with Crippen LogP contribution in [0.4, 0.5) is 0 Å². The lowest BCUT2D eigenvalue weighted by atomic mass is 9.97. The smallest absolute Gasteiger partial charge is 0.0495 e. The average molecular weight is 257 g/mol. The third kappa shape index (κ3) is 8.93. The number of unbranched alkanes of at least 4 members (excludes halogenated alkanes) is 1. The Kier molecular flexibility index (Phi) is 11.9. The topological polar surface area (TPSA) is 12.5 Å². The molecule has 0 aromatic rings. The van der Waals surface area contributed by atoms with Gasteiger partial charge in [0.1, 0.15) is 0 Å². The van der Waals surface area contributed by atoms with Gasteiger partial charge in [-0.3, -0.25) is 0 Å². The Morgan fingerprint density at radius 1 is 1.17 bits per heavy atom. The van der Waals surface area contributed by atoms with Crippen LogP contribution in [0.3, 0.4) is 0 Å². The van der Waals surface area contributed by atoms with Gasteiger partial charge in [-0.05, 0) is 44.2 Å². The molecular formula is C16H35NO. The maximum Gasteiger partial charge on any atom is 0.0495 e. The molecule has 1 aliphatic heterocycles. The molecule has 0 atom stereocenters. The number of piperidine rings is 1. The predicted molar refractivity (Wildman–Crippen MR) is 81.1 cm³/mol. The van der Waals surface area contributed by atoms with Crippen molar-refractivity contribution in [1.29, 1.82) is 0 Å². The van der Waals surface area contributed by atoms with Crippen LogP contribution >= 0.6 is 0 Å². The van der Waals surface area contributed by atoms with Gasteiger partial charge in [-0.1, -0.05) is 41.0 Å². The van der Waals surface area contributed by atoms with Crippen molar-refractivity contribution in [3.63, 3.8) is 0 Å². The molecule has 0 spiro atoms. The highest BCUT2D eigenvalue weighted by Crippen LogP contribution is 2.18. The SMILES string of the molecule is CC.CCCCOCC1CCN(CC(C)C)CC1. The van der Waals surface area contributed by atoms with E-state index in [-0.39, 0.29) is 0 Å². The van der Waals surface area contributed by atoms with Crippen molar-refractivity contribution in [1.82, 2.24) is 4.90 Å². The fraction of sp³-hybridized carbons (Fsp3) is 1.00. The van der Waals surface area contributed by atoms with Gasteiger partial charge in [-0.15, -0.1) is 0 Å². The molecule has 0 saturated carbocycles. The van der Waals surface area contributed by atoms with Crippen LogP contribution in [-0.4, -0.2) is 37.7 Å². The van der Waals surface area contributed by atoms with Gasteiger partial charge in [0.25, 0.3) is 0 Å². The summed E-state index contributed by atoms with van der Waals surface area (Å²) >= 11 is 0. The molecule has 0 radical (unpaired) electrons. The molecule has 2 heteroatoms. The Balaban J connectivity index is 0.00000137. The fourth-order valence-electron chi connectivity index (χ4n) is 2.35. The molecule has 0 N–H and O–H groups in total. The lowest BCUT2D eigenvalue weighted by molar-refractivity contribution is 0.0631. The zero-order valence-electron chi connectivity index (χ0n) is 13.4. The predicted octanol–water partition coefficient (Wildman–Crippen LogP) is 4.20. The van der Waals surface area contributed by atoms with Crippen molar-refractivity contribution >= 4 is 0 Å². The second-order valence-corrected chi connectivity index (χ2v) is 5.57. The molecule has 0 amide bonds. The summed E-state index contributed by atoms with van der Waals surface area (Å²) in [6.07, 6.45) is 5.12. The minimum Gasteiger partial charge on any atom is -0.381 e. The molecule has 18 heavy (non-hydrogen) atoms. The van der Waals surface area contributed by atoms with Crippen LogP contribution in [0.5, 0.6) is 0 Å². The van der Waals surface area contributed by atoms with E-state index in [1.807, 2.05) is 13.8 Å². The molecule has 0 bridgehead atoms. The minimum atomic E-state index is 0.803. The maximum atomic E-state index is 5.71. The number of hydrogen-bond acceptors (Lipinski definition) is 2. The highest BCUT2D eigenvalue weighted by Gasteiger charge is 2.19. The van der Waals surface area contributed by atoms with E-state index in [4.69, 9.17) is 4.74 Å². The van der Waals surface area contributed by atoms with E-state index in [0.29, 0.717) is 0 Å². The van der Waals surface area contributed by atoms with E-state index < -0.39 is 0 Å². The van der Waals surface area contributed by atoms with Crippen LogP contribution < -0.4 is 0 Å². The molecule has 1 saturated heterocycles. The molecule has 0 aliphatic carbocycles. The summed E-state index contributed by atoms with van der Waals surface area (Å²) < 4.78 is 5.71. The summed E-state index contributed by atoms with van der Waals surface area (Å²) in [5.41, 5.74) is 0. The third-order valence-electron chi connectivity index (χ3n) is 3.33. The number of ether oxygens (including phenoxy) is 1. The Labute approximate surface area is 115 Å². The molecule has 0 unspecified atom stereocenters. The van der Waals surface area contributed by atoms with E-state index in [9.17, 15) is 0 Å². The van der Waals surface area contributed by atoms with Crippen LogP contribution in [0.15, 0.2) is 0 Å². The first-order valence-electron chi connectivity index (χ1n) is 8.02. The van der Waals surface area contributed by atoms with E-state index in [2.05, 4.69) is 25.7 Å². The molecular weight excluding hydrogens is 222 g/mol. The maximum absolute atomic E-state index is 5.71. The van der Waals surface area contributed by atoms with Gasteiger partial charge in [-0.25, -0.2) is 0 Å². The van der Waals surface area contributed by atoms with E-state index in [1.54, 1.807) is 0 Å². The van der Waals surface area contributed by atoms with Crippen molar-refractivity contribution in [2.24, 2.45) is 11.8 Å². The average Bonchev–Trinajstić information content (AvgIpc) is 2.38. The van der Waals surface area contributed by atoms with Crippen LogP contribution in [-0.2, 0) is 4.74 Å². The van der Waals surface area contributed by atoms with Gasteiger partial charge >= 0.3 is 0 Å². The van der Waals surface area contributed by atoms with Gasteiger partial charge in [0.15, 0.2) is 0 Å². The van der Waals surface area contributed by atoms with Crippen molar-refractivity contribution < 1.29 is 4.74 Å². The zero-order valence-corrected chi connectivity index (χ0v) is 13.4. The largest absolute Gasteiger partial charge is 0.381 e. The quantitative estimate of drug-likeness (QED) is 0.634. The molecule has 1 fully saturated rings. The lowest BCUT2D eigenvalue weighted by Crippen LogP contribution is -2.37. The van der Waals surface area contributed by atoms with Crippen LogP contribution in [0.25, 0.3) is 0 Å². The zero-order chi connectivity index (χ0) is 13.8. The number of nitrogens with zero attached hydrogens (tertiary/aromatic N) is 1. The first kappa shape index (κ1) is 17.9. The summed E-state index contributed by atoms with van der Waals surface area (Å²) in [7, 11) is 0.